The first-order chi connectivity index (χ1) is 10.6. The molecule has 7 heteroatoms. The molecule has 1 N–H and O–H groups in total. The second kappa shape index (κ2) is 6.83. The summed E-state index contributed by atoms with van der Waals surface area (Å²) in [5, 5.41) is 3.46. The molecular formula is C15H22ClN3O2S. The molecule has 1 aromatic heterocycles. The highest BCUT2D eigenvalue weighted by Gasteiger charge is 2.45. The fourth-order valence-corrected chi connectivity index (χ4v) is 4.70. The molecule has 1 saturated carbocycles. The Balaban J connectivity index is 1.74. The lowest BCUT2D eigenvalue weighted by molar-refractivity contribution is -0.0323. The van der Waals surface area contributed by atoms with Gasteiger partial charge < -0.3 is 10.1 Å². The second-order valence-electron chi connectivity index (χ2n) is 6.08. The van der Waals surface area contributed by atoms with E-state index in [4.69, 9.17) is 16.3 Å². The maximum Gasteiger partial charge on any atom is 0.264 e. The number of hydrogen-bond acceptors (Lipinski definition) is 5. The molecule has 1 aliphatic carbocycles. The predicted octanol–water partition coefficient (Wildman–Crippen LogP) is 2.56. The molecule has 5 nitrogen and oxygen atoms in total. The number of morpholine rings is 1. The van der Waals surface area contributed by atoms with Gasteiger partial charge in [0.15, 0.2) is 5.15 Å². The first-order valence-corrected chi connectivity index (χ1v) is 9.12. The Labute approximate surface area is 140 Å². The average Bonchev–Trinajstić information content (AvgIpc) is 3.17. The molecule has 0 aromatic carbocycles. The molecule has 0 unspecified atom stereocenters. The van der Waals surface area contributed by atoms with Crippen LogP contribution in [0.1, 0.15) is 42.3 Å². The molecule has 1 aliphatic heterocycles. The smallest absolute Gasteiger partial charge is 0.264 e. The molecule has 1 amide bonds. The van der Waals surface area contributed by atoms with Crippen molar-refractivity contribution >= 4 is 28.8 Å². The van der Waals surface area contributed by atoms with E-state index in [0.29, 0.717) is 10.0 Å². The minimum Gasteiger partial charge on any atom is -0.379 e. The zero-order chi connectivity index (χ0) is 15.6. The highest BCUT2D eigenvalue weighted by molar-refractivity contribution is 7.12. The van der Waals surface area contributed by atoms with Gasteiger partial charge in [0, 0.05) is 24.7 Å². The van der Waals surface area contributed by atoms with E-state index in [0.717, 1.165) is 39.1 Å². The minimum atomic E-state index is -0.112. The van der Waals surface area contributed by atoms with Crippen LogP contribution in [-0.4, -0.2) is 53.7 Å². The average molecular weight is 344 g/mol. The van der Waals surface area contributed by atoms with Crippen molar-refractivity contribution < 1.29 is 9.53 Å². The van der Waals surface area contributed by atoms with E-state index in [-0.39, 0.29) is 17.5 Å². The zero-order valence-corrected chi connectivity index (χ0v) is 14.4. The number of nitrogens with one attached hydrogen (secondary N) is 1. The van der Waals surface area contributed by atoms with Crippen molar-refractivity contribution in [2.75, 3.05) is 26.3 Å². The lowest BCUT2D eigenvalue weighted by Gasteiger charge is -2.47. The van der Waals surface area contributed by atoms with Crippen LogP contribution in [0.4, 0.5) is 0 Å². The van der Waals surface area contributed by atoms with Crippen LogP contribution >= 0.6 is 22.9 Å². The monoisotopic (exact) mass is 343 g/mol. The van der Waals surface area contributed by atoms with Crippen molar-refractivity contribution in [1.82, 2.24) is 15.2 Å². The van der Waals surface area contributed by atoms with Crippen LogP contribution in [-0.2, 0) is 4.74 Å². The molecule has 0 radical (unpaired) electrons. The Morgan fingerprint density at radius 1 is 1.45 bits per heavy atom. The van der Waals surface area contributed by atoms with Crippen LogP contribution in [0.2, 0.25) is 5.15 Å². The molecule has 122 valence electrons. The number of amides is 1. The second-order valence-corrected chi connectivity index (χ2v) is 7.29. The number of ether oxygens (including phenoxy) is 1. The standard InChI is InChI=1S/C15H22ClN3O2S/c1-11(18-14(20)12-13(16)17-10-22-12)15(4-2-3-5-15)19-6-8-21-9-7-19/h10-11H,2-9H2,1H3,(H,18,20)/t11-/m0/s1. The van der Waals surface area contributed by atoms with Gasteiger partial charge in [-0.25, -0.2) is 4.98 Å². The lowest BCUT2D eigenvalue weighted by Crippen LogP contribution is -2.62. The maximum absolute atomic E-state index is 12.5. The van der Waals surface area contributed by atoms with Gasteiger partial charge in [0.2, 0.25) is 0 Å². The number of aromatic nitrogens is 1. The fourth-order valence-electron chi connectivity index (χ4n) is 3.80. The molecule has 0 spiro atoms. The number of thiazole rings is 1. The van der Waals surface area contributed by atoms with Crippen molar-refractivity contribution in [3.8, 4) is 0 Å². The lowest BCUT2D eigenvalue weighted by atomic mass is 9.86. The Kier molecular flexibility index (Phi) is 5.02. The molecule has 2 fully saturated rings. The summed E-state index contributed by atoms with van der Waals surface area (Å²) in [5.41, 5.74) is 1.66. The summed E-state index contributed by atoms with van der Waals surface area (Å²) in [6.45, 7) is 5.57. The van der Waals surface area contributed by atoms with Crippen LogP contribution in [0.15, 0.2) is 5.51 Å². The summed E-state index contributed by atoms with van der Waals surface area (Å²) >= 11 is 7.26. The molecule has 1 aromatic rings. The first-order valence-electron chi connectivity index (χ1n) is 7.86. The van der Waals surface area contributed by atoms with E-state index in [1.807, 2.05) is 0 Å². The number of halogens is 1. The van der Waals surface area contributed by atoms with Gasteiger partial charge in [0.25, 0.3) is 5.91 Å². The van der Waals surface area contributed by atoms with Gasteiger partial charge in [-0.15, -0.1) is 11.3 Å². The molecule has 1 saturated heterocycles. The van der Waals surface area contributed by atoms with E-state index in [1.54, 1.807) is 5.51 Å². The molecule has 2 aliphatic rings. The number of hydrogen-bond donors (Lipinski definition) is 1. The van der Waals surface area contributed by atoms with Crippen LogP contribution in [0.25, 0.3) is 0 Å². The van der Waals surface area contributed by atoms with Crippen molar-refractivity contribution in [2.24, 2.45) is 0 Å². The highest BCUT2D eigenvalue weighted by atomic mass is 35.5. The largest absolute Gasteiger partial charge is 0.379 e. The summed E-state index contributed by atoms with van der Waals surface area (Å²) in [6.07, 6.45) is 4.70. The summed E-state index contributed by atoms with van der Waals surface area (Å²) in [7, 11) is 0. The van der Waals surface area contributed by atoms with Gasteiger partial charge in [0.05, 0.1) is 18.7 Å². The summed E-state index contributed by atoms with van der Waals surface area (Å²) in [5.74, 6) is -0.112. The van der Waals surface area contributed by atoms with Gasteiger partial charge >= 0.3 is 0 Å². The third-order valence-electron chi connectivity index (χ3n) is 4.99. The van der Waals surface area contributed by atoms with Gasteiger partial charge in [-0.2, -0.15) is 0 Å². The molecule has 0 bridgehead atoms. The maximum atomic E-state index is 12.5. The molecule has 1 atom stereocenters. The zero-order valence-electron chi connectivity index (χ0n) is 12.8. The van der Waals surface area contributed by atoms with Crippen LogP contribution in [0.3, 0.4) is 0 Å². The Hall–Kier alpha value is -0.690. The van der Waals surface area contributed by atoms with E-state index in [9.17, 15) is 4.79 Å². The summed E-state index contributed by atoms with van der Waals surface area (Å²) < 4.78 is 5.49. The number of carbonyl (C=O) groups is 1. The minimum absolute atomic E-state index is 0.0522. The highest BCUT2D eigenvalue weighted by Crippen LogP contribution is 2.38. The summed E-state index contributed by atoms with van der Waals surface area (Å²) in [6, 6.07) is 0.0822. The van der Waals surface area contributed by atoms with Crippen molar-refractivity contribution in [1.29, 1.82) is 0 Å². The Morgan fingerprint density at radius 2 is 2.14 bits per heavy atom. The molecular weight excluding hydrogens is 322 g/mol. The SMILES string of the molecule is C[C@H](NC(=O)c1scnc1Cl)C1(N2CCOCC2)CCCC1. The molecule has 2 heterocycles. The van der Waals surface area contributed by atoms with Crippen LogP contribution in [0, 0.1) is 0 Å². The third-order valence-corrected chi connectivity index (χ3v) is 6.22. The summed E-state index contributed by atoms with van der Waals surface area (Å²) in [4.78, 5) is 19.4. The van der Waals surface area contributed by atoms with Crippen molar-refractivity contribution in [3.05, 3.63) is 15.5 Å². The van der Waals surface area contributed by atoms with Gasteiger partial charge in [-0.3, -0.25) is 9.69 Å². The van der Waals surface area contributed by atoms with Gasteiger partial charge in [-0.05, 0) is 19.8 Å². The normalized spacial score (nSPS) is 23.4. The van der Waals surface area contributed by atoms with E-state index in [2.05, 4.69) is 22.1 Å². The predicted molar refractivity (Wildman–Crippen MR) is 87.6 cm³/mol. The first kappa shape index (κ1) is 16.2. The Bertz CT molecular complexity index is 525. The van der Waals surface area contributed by atoms with E-state index < -0.39 is 0 Å². The van der Waals surface area contributed by atoms with Gasteiger partial charge in [0.1, 0.15) is 4.88 Å². The fraction of sp³-hybridized carbons (Fsp3) is 0.733. The number of carbonyl (C=O) groups excluding carboxylic acids is 1. The Morgan fingerprint density at radius 3 is 2.73 bits per heavy atom. The number of nitrogens with zero attached hydrogens (tertiary/aromatic N) is 2. The quantitative estimate of drug-likeness (QED) is 0.912. The topological polar surface area (TPSA) is 54.5 Å². The third kappa shape index (κ3) is 3.02. The number of rotatable bonds is 4. The van der Waals surface area contributed by atoms with Crippen LogP contribution in [0.5, 0.6) is 0 Å². The van der Waals surface area contributed by atoms with E-state index in [1.165, 1.54) is 24.2 Å². The molecule has 3 rings (SSSR count). The molecule has 22 heavy (non-hydrogen) atoms. The van der Waals surface area contributed by atoms with Gasteiger partial charge in [-0.1, -0.05) is 24.4 Å². The van der Waals surface area contributed by atoms with E-state index >= 15 is 0 Å². The van der Waals surface area contributed by atoms with Crippen LogP contribution < -0.4 is 5.32 Å². The van der Waals surface area contributed by atoms with Crippen molar-refractivity contribution in [2.45, 2.75) is 44.2 Å². The van der Waals surface area contributed by atoms with Crippen molar-refractivity contribution in [3.63, 3.8) is 0 Å².